The largest absolute Gasteiger partial charge is 0.480 e. The van der Waals surface area contributed by atoms with Crippen LogP contribution in [-0.2, 0) is 25.6 Å². The van der Waals surface area contributed by atoms with E-state index in [-0.39, 0.29) is 25.3 Å². The van der Waals surface area contributed by atoms with Crippen molar-refractivity contribution in [3.63, 3.8) is 0 Å². The molecule has 0 fully saturated rings. The Balaban J connectivity index is 2.83. The first-order valence-corrected chi connectivity index (χ1v) is 10.1. The zero-order valence-electron chi connectivity index (χ0n) is 18.2. The summed E-state index contributed by atoms with van der Waals surface area (Å²) in [4.78, 5) is 58.8. The van der Waals surface area contributed by atoms with Crippen LogP contribution >= 0.6 is 0 Å². The quantitative estimate of drug-likeness (QED) is 0.0721. The molecule has 0 spiro atoms. The van der Waals surface area contributed by atoms with Crippen molar-refractivity contribution >= 4 is 29.7 Å². The molecule has 0 aromatic carbocycles. The van der Waals surface area contributed by atoms with E-state index in [1.807, 2.05) is 0 Å². The lowest BCUT2D eigenvalue weighted by Gasteiger charge is -2.23. The third kappa shape index (κ3) is 9.96. The first-order chi connectivity index (χ1) is 15.5. The van der Waals surface area contributed by atoms with Gasteiger partial charge < -0.3 is 48.3 Å². The number of aromatic nitrogens is 2. The molecule has 0 aliphatic heterocycles. The molecular weight excluding hydrogens is 438 g/mol. The number of carbonyl (C=O) groups excluding carboxylic acids is 3. The number of H-pyrrole nitrogens is 1. The summed E-state index contributed by atoms with van der Waals surface area (Å²) in [5.74, 6) is -3.73. The summed E-state index contributed by atoms with van der Waals surface area (Å²) in [5.41, 5.74) is 17.1. The van der Waals surface area contributed by atoms with Crippen LogP contribution in [0.1, 0.15) is 25.5 Å². The van der Waals surface area contributed by atoms with Gasteiger partial charge in [-0.15, -0.1) is 0 Å². The van der Waals surface area contributed by atoms with Crippen LogP contribution in [0.3, 0.4) is 0 Å². The van der Waals surface area contributed by atoms with Gasteiger partial charge in [0.05, 0.1) is 19.0 Å². The topological polar surface area (TPSA) is 264 Å². The summed E-state index contributed by atoms with van der Waals surface area (Å²) in [7, 11) is 0. The minimum atomic E-state index is -1.44. The van der Waals surface area contributed by atoms with Crippen LogP contribution < -0.4 is 33.2 Å². The molecule has 1 aromatic rings. The van der Waals surface area contributed by atoms with Gasteiger partial charge in [0, 0.05) is 24.9 Å². The molecular formula is C18H31N9O6. The number of guanidine groups is 1. The molecule has 184 valence electrons. The Morgan fingerprint density at radius 2 is 1.76 bits per heavy atom. The Morgan fingerprint density at radius 1 is 1.12 bits per heavy atom. The minimum absolute atomic E-state index is 0.0937. The van der Waals surface area contributed by atoms with Gasteiger partial charge in [-0.05, 0) is 19.8 Å². The van der Waals surface area contributed by atoms with E-state index in [0.29, 0.717) is 12.1 Å². The van der Waals surface area contributed by atoms with Crippen LogP contribution in [0.25, 0.3) is 0 Å². The van der Waals surface area contributed by atoms with Crippen molar-refractivity contribution in [2.24, 2.45) is 22.2 Å². The molecule has 1 aromatic heterocycles. The van der Waals surface area contributed by atoms with E-state index in [0.717, 1.165) is 0 Å². The number of carboxylic acid groups (broad SMARTS) is 1. The summed E-state index contributed by atoms with van der Waals surface area (Å²) in [5, 5.41) is 25.3. The second-order valence-electron chi connectivity index (χ2n) is 7.21. The highest BCUT2D eigenvalue weighted by Crippen LogP contribution is 2.03. The van der Waals surface area contributed by atoms with Gasteiger partial charge in [-0.1, -0.05) is 0 Å². The number of aliphatic hydroxyl groups excluding tert-OH is 1. The molecule has 33 heavy (non-hydrogen) atoms. The number of imidazole rings is 1. The fourth-order valence-electron chi connectivity index (χ4n) is 2.62. The maximum Gasteiger partial charge on any atom is 0.325 e. The normalized spacial score (nSPS) is 14.3. The van der Waals surface area contributed by atoms with Crippen molar-refractivity contribution in [3.8, 4) is 0 Å². The number of nitrogens with one attached hydrogen (secondary N) is 4. The number of carbonyl (C=O) groups is 4. The number of carboxylic acids is 1. The molecule has 0 aliphatic rings. The van der Waals surface area contributed by atoms with E-state index in [2.05, 4.69) is 30.9 Å². The van der Waals surface area contributed by atoms with Gasteiger partial charge in [0.25, 0.3) is 0 Å². The van der Waals surface area contributed by atoms with Gasteiger partial charge >= 0.3 is 5.97 Å². The third-order valence-corrected chi connectivity index (χ3v) is 4.45. The molecule has 1 rings (SSSR count). The molecule has 0 saturated heterocycles. The maximum absolute atomic E-state index is 12.8. The summed E-state index contributed by atoms with van der Waals surface area (Å²) in [6, 6.07) is -4.79. The first-order valence-electron chi connectivity index (χ1n) is 10.1. The Hall–Kier alpha value is -3.72. The molecule has 3 amide bonds. The number of aromatic amines is 1. The minimum Gasteiger partial charge on any atom is -0.480 e. The zero-order chi connectivity index (χ0) is 25.0. The Labute approximate surface area is 189 Å². The van der Waals surface area contributed by atoms with Gasteiger partial charge in [-0.2, -0.15) is 0 Å². The van der Waals surface area contributed by atoms with Gasteiger partial charge in [-0.3, -0.25) is 24.2 Å². The number of aliphatic carboxylic acids is 1. The van der Waals surface area contributed by atoms with Crippen LogP contribution in [0.4, 0.5) is 0 Å². The number of aliphatic imine (C=N–C) groups is 1. The van der Waals surface area contributed by atoms with E-state index < -0.39 is 54.5 Å². The second-order valence-corrected chi connectivity index (χ2v) is 7.21. The standard InChI is InChI=1S/C18H31N9O6/c1-9(17(32)33)25-16(31)13(7-28)27-15(30)12(3-2-4-23-18(20)21)26-14(29)11(19)5-10-6-22-8-24-10/h6,8-9,11-13,28H,2-5,7,19H2,1H3,(H,22,24)(H,25,31)(H,26,29)(H,27,30)(H,32,33)(H4,20,21,23). The molecule has 0 radical (unpaired) electrons. The van der Waals surface area contributed by atoms with Crippen molar-refractivity contribution in [1.82, 2.24) is 25.9 Å². The fourth-order valence-corrected chi connectivity index (χ4v) is 2.62. The number of hydrogen-bond acceptors (Lipinski definition) is 8. The predicted octanol–water partition coefficient (Wildman–Crippen LogP) is -4.12. The molecule has 1 heterocycles. The Morgan fingerprint density at radius 3 is 2.30 bits per heavy atom. The Kier molecular flexibility index (Phi) is 11.3. The summed E-state index contributed by atoms with van der Waals surface area (Å²) >= 11 is 0. The number of rotatable bonds is 14. The van der Waals surface area contributed by atoms with E-state index in [1.165, 1.54) is 19.4 Å². The van der Waals surface area contributed by atoms with Gasteiger partial charge in [0.1, 0.15) is 18.1 Å². The Bertz CT molecular complexity index is 825. The van der Waals surface area contributed by atoms with Crippen molar-refractivity contribution in [1.29, 1.82) is 0 Å². The molecule has 4 unspecified atom stereocenters. The highest BCUT2D eigenvalue weighted by Gasteiger charge is 2.29. The van der Waals surface area contributed by atoms with Crippen molar-refractivity contribution in [2.75, 3.05) is 13.2 Å². The number of amides is 3. The summed E-state index contributed by atoms with van der Waals surface area (Å²) in [6.07, 6.45) is 3.48. The zero-order valence-corrected chi connectivity index (χ0v) is 18.2. The monoisotopic (exact) mass is 469 g/mol. The molecule has 0 saturated carbocycles. The van der Waals surface area contributed by atoms with Crippen LogP contribution in [0.5, 0.6) is 0 Å². The molecule has 4 atom stereocenters. The molecule has 12 N–H and O–H groups in total. The molecule has 0 aliphatic carbocycles. The predicted molar refractivity (Wildman–Crippen MR) is 116 cm³/mol. The van der Waals surface area contributed by atoms with Crippen molar-refractivity contribution in [2.45, 2.75) is 50.4 Å². The number of nitrogens with zero attached hydrogens (tertiary/aromatic N) is 2. The average molecular weight is 470 g/mol. The smallest absolute Gasteiger partial charge is 0.325 e. The number of nitrogens with two attached hydrogens (primary N) is 3. The van der Waals surface area contributed by atoms with Crippen molar-refractivity contribution < 1.29 is 29.4 Å². The van der Waals surface area contributed by atoms with E-state index in [9.17, 15) is 24.3 Å². The lowest BCUT2D eigenvalue weighted by molar-refractivity contribution is -0.142. The van der Waals surface area contributed by atoms with Gasteiger partial charge in [-0.25, -0.2) is 4.98 Å². The van der Waals surface area contributed by atoms with Crippen LogP contribution in [0, 0.1) is 0 Å². The van der Waals surface area contributed by atoms with Gasteiger partial charge in [0.2, 0.25) is 17.7 Å². The highest BCUT2D eigenvalue weighted by molar-refractivity contribution is 5.94. The lowest BCUT2D eigenvalue weighted by atomic mass is 10.1. The fraction of sp³-hybridized carbons (Fsp3) is 0.556. The molecule has 15 heteroatoms. The van der Waals surface area contributed by atoms with Crippen LogP contribution in [0.15, 0.2) is 17.5 Å². The highest BCUT2D eigenvalue weighted by atomic mass is 16.4. The van der Waals surface area contributed by atoms with Crippen molar-refractivity contribution in [3.05, 3.63) is 18.2 Å². The molecule has 15 nitrogen and oxygen atoms in total. The number of hydrogen-bond donors (Lipinski definition) is 9. The van der Waals surface area contributed by atoms with Crippen LogP contribution in [0.2, 0.25) is 0 Å². The third-order valence-electron chi connectivity index (χ3n) is 4.45. The lowest BCUT2D eigenvalue weighted by Crippen LogP contribution is -2.58. The molecule has 0 bridgehead atoms. The maximum atomic E-state index is 12.8. The first kappa shape index (κ1) is 27.3. The second kappa shape index (κ2) is 13.6. The van der Waals surface area contributed by atoms with E-state index in [1.54, 1.807) is 0 Å². The average Bonchev–Trinajstić information content (AvgIpc) is 3.26. The van der Waals surface area contributed by atoms with Crippen LogP contribution in [-0.4, -0.2) is 87.2 Å². The van der Waals surface area contributed by atoms with E-state index in [4.69, 9.17) is 22.3 Å². The summed E-state index contributed by atoms with van der Waals surface area (Å²) < 4.78 is 0. The van der Waals surface area contributed by atoms with Gasteiger partial charge in [0.15, 0.2) is 5.96 Å². The van der Waals surface area contributed by atoms with E-state index >= 15 is 0 Å². The number of aliphatic hydroxyl groups is 1. The summed E-state index contributed by atoms with van der Waals surface area (Å²) in [6.45, 7) is 0.615. The SMILES string of the molecule is CC(NC(=O)C(CO)NC(=O)C(CCCN=C(N)N)NC(=O)C(N)Cc1cnc[nH]1)C(=O)O.